The summed E-state index contributed by atoms with van der Waals surface area (Å²) in [7, 11) is 0. The molecule has 0 atom stereocenters. The normalized spacial score (nSPS) is 11.1. The highest BCUT2D eigenvalue weighted by Crippen LogP contribution is 2.24. The van der Waals surface area contributed by atoms with Crippen molar-refractivity contribution in [1.29, 1.82) is 0 Å². The molecule has 0 fully saturated rings. The van der Waals surface area contributed by atoms with Crippen molar-refractivity contribution in [3.63, 3.8) is 0 Å². The van der Waals surface area contributed by atoms with Gasteiger partial charge in [0.15, 0.2) is 23.1 Å². The van der Waals surface area contributed by atoms with Crippen molar-refractivity contribution in [3.8, 4) is 0 Å². The van der Waals surface area contributed by atoms with Crippen LogP contribution in [0.25, 0.3) is 0 Å². The summed E-state index contributed by atoms with van der Waals surface area (Å²) in [4.78, 5) is 44.5. The molecule has 126 heavy (non-hydrogen) atoms. The van der Waals surface area contributed by atoms with Gasteiger partial charge in [0.25, 0.3) is 0 Å². The third-order valence-electron chi connectivity index (χ3n) is 27.5. The molecule has 0 aromatic carbocycles. The standard InChI is InChI=1S/C32H62O.C31H60O.C30H58O.C29H56O/c1-3-5-6-7-8-9-10-11-12-13-14-15-16-17-18-19-20-21-22-23-24-25-26-27-28-29-30-31-32(33)4-2;1-3-5-6-7-8-9-10-11-12-13-14-15-16-17-18-19-20-21-22-23-24-25-26-27-28-29-30-31(32)4-2;1-3-5-6-7-8-9-10-11-12-13-14-15-16-17-18-19-20-21-22-23-24-25-26-27-28-29-30(31)4-2;1-3-5-6-7-8-9-10-11-12-13-14-15-16-17-18-19-20-21-22-23-24-25-26-27-28-29(30)4-2/h4H,2-3,5-31H2,1H3;4H,2-3,5-30H2,1H3;4H,2-3,5-29H2,1H3;4H,2-3,5-28H2,1H3. The SMILES string of the molecule is C=CC(=O)CCCCCCCCCCCCCCCCCCCCCCCCCC.C=CC(=O)CCCCCCCCCCCCCCCCCCCCCCCCCCC.C=CC(=O)CCCCCCCCCCCCCCCCCCCCCCCCCCCC.C=CC(=O)CCCCCCCCCCCCCCCCCCCCCCCCCCCCC. The lowest BCUT2D eigenvalue weighted by Gasteiger charge is -2.04. The zero-order valence-electron chi connectivity index (χ0n) is 87.7. The Balaban J connectivity index is -0.000000788. The molecule has 0 rings (SSSR count). The van der Waals surface area contributed by atoms with Crippen LogP contribution in [0.15, 0.2) is 50.6 Å². The van der Waals surface area contributed by atoms with E-state index in [-0.39, 0.29) is 23.1 Å². The molecule has 0 N–H and O–H groups in total. The van der Waals surface area contributed by atoms with Gasteiger partial charge in [0.05, 0.1) is 0 Å². The number of hydrogen-bond acceptors (Lipinski definition) is 4. The molecule has 4 nitrogen and oxygen atoms in total. The van der Waals surface area contributed by atoms with Crippen LogP contribution in [0.5, 0.6) is 0 Å². The molecular formula is C122H236O4. The van der Waals surface area contributed by atoms with Gasteiger partial charge in [-0.3, -0.25) is 19.2 Å². The van der Waals surface area contributed by atoms with Crippen LogP contribution in [-0.2, 0) is 19.2 Å². The van der Waals surface area contributed by atoms with E-state index in [4.69, 9.17) is 0 Å². The smallest absolute Gasteiger partial charge is 0.155 e. The van der Waals surface area contributed by atoms with E-state index < -0.39 is 0 Å². The monoisotopic (exact) mass is 1770 g/mol. The first-order chi connectivity index (χ1) is 62.2. The molecule has 0 aromatic heterocycles. The van der Waals surface area contributed by atoms with Crippen molar-refractivity contribution in [2.45, 2.75) is 708 Å². The summed E-state index contributed by atoms with van der Waals surface area (Å²) in [6, 6.07) is 0. The van der Waals surface area contributed by atoms with Crippen LogP contribution in [0.3, 0.4) is 0 Å². The molecule has 0 aliphatic rings. The molecule has 748 valence electrons. The summed E-state index contributed by atoms with van der Waals surface area (Å²) in [5.41, 5.74) is 0. The second-order valence-electron chi connectivity index (χ2n) is 40.3. The van der Waals surface area contributed by atoms with Crippen LogP contribution in [0, 0.1) is 0 Å². The molecule has 0 amide bonds. The predicted molar refractivity (Wildman–Crippen MR) is 573 cm³/mol. The van der Waals surface area contributed by atoms with E-state index in [0.29, 0.717) is 25.7 Å². The van der Waals surface area contributed by atoms with Crippen molar-refractivity contribution < 1.29 is 19.2 Å². The maximum absolute atomic E-state index is 11.1. The zero-order valence-corrected chi connectivity index (χ0v) is 87.7. The quantitative estimate of drug-likeness (QED) is 0.0449. The highest BCUT2D eigenvalue weighted by molar-refractivity contribution is 5.90. The Morgan fingerprint density at radius 3 is 0.222 bits per heavy atom. The summed E-state index contributed by atoms with van der Waals surface area (Å²) < 4.78 is 0. The number of ketones is 4. The molecule has 0 unspecified atom stereocenters. The lowest BCUT2D eigenvalue weighted by molar-refractivity contribution is -0.115. The lowest BCUT2D eigenvalue weighted by Crippen LogP contribution is -1.91. The Bertz CT molecular complexity index is 2030. The zero-order chi connectivity index (χ0) is 92.1. The van der Waals surface area contributed by atoms with Gasteiger partial charge in [-0.05, 0) is 50.0 Å². The maximum Gasteiger partial charge on any atom is 0.155 e. The summed E-state index contributed by atoms with van der Waals surface area (Å²) in [5.74, 6) is 0.812. The van der Waals surface area contributed by atoms with Gasteiger partial charge in [0, 0.05) is 25.7 Å². The van der Waals surface area contributed by atoms with Gasteiger partial charge < -0.3 is 0 Å². The Morgan fingerprint density at radius 1 is 0.111 bits per heavy atom. The molecule has 0 aromatic rings. The van der Waals surface area contributed by atoms with E-state index >= 15 is 0 Å². The Hall–Kier alpha value is -2.36. The molecule has 0 bridgehead atoms. The van der Waals surface area contributed by atoms with E-state index in [0.717, 1.165) is 25.7 Å². The fourth-order valence-corrected chi connectivity index (χ4v) is 18.5. The second kappa shape index (κ2) is 127. The third-order valence-corrected chi connectivity index (χ3v) is 27.5. The highest BCUT2D eigenvalue weighted by Gasteiger charge is 2.06. The second-order valence-corrected chi connectivity index (χ2v) is 40.3. The fraction of sp³-hybridized carbons (Fsp3) is 0.902. The summed E-state index contributed by atoms with van der Waals surface area (Å²) >= 11 is 0. The summed E-state index contributed by atoms with van der Waals surface area (Å²) in [6.07, 6.45) is 153. The van der Waals surface area contributed by atoms with Crippen LogP contribution in [0.2, 0.25) is 0 Å². The Kier molecular flexibility index (Phi) is 131. The van der Waals surface area contributed by atoms with Gasteiger partial charge in [0.2, 0.25) is 0 Å². The van der Waals surface area contributed by atoms with Crippen LogP contribution in [-0.4, -0.2) is 23.1 Å². The molecule has 0 spiro atoms. The molecule has 0 saturated carbocycles. The Labute approximate surface area is 796 Å². The van der Waals surface area contributed by atoms with E-state index in [1.54, 1.807) is 0 Å². The van der Waals surface area contributed by atoms with Crippen molar-refractivity contribution in [3.05, 3.63) is 50.6 Å². The summed E-state index contributed by atoms with van der Waals surface area (Å²) in [5, 5.41) is 0. The van der Waals surface area contributed by atoms with Crippen LogP contribution in [0.1, 0.15) is 708 Å². The number of allylic oxidation sites excluding steroid dienone is 4. The largest absolute Gasteiger partial charge is 0.295 e. The molecule has 0 aliphatic carbocycles. The van der Waals surface area contributed by atoms with E-state index in [9.17, 15) is 19.2 Å². The van der Waals surface area contributed by atoms with E-state index in [1.807, 2.05) is 0 Å². The number of carbonyl (C=O) groups excluding carboxylic acids is 4. The minimum Gasteiger partial charge on any atom is -0.295 e. The van der Waals surface area contributed by atoms with Crippen molar-refractivity contribution in [2.75, 3.05) is 0 Å². The molecule has 0 radical (unpaired) electrons. The van der Waals surface area contributed by atoms with Crippen molar-refractivity contribution in [1.82, 2.24) is 0 Å². The van der Waals surface area contributed by atoms with Gasteiger partial charge in [0.1, 0.15) is 0 Å². The average molecular weight is 1770 g/mol. The Morgan fingerprint density at radius 2 is 0.167 bits per heavy atom. The van der Waals surface area contributed by atoms with Crippen LogP contribution >= 0.6 is 0 Å². The molecule has 4 heteroatoms. The van der Waals surface area contributed by atoms with Crippen LogP contribution < -0.4 is 0 Å². The van der Waals surface area contributed by atoms with Crippen molar-refractivity contribution in [2.24, 2.45) is 0 Å². The molecular weight excluding hydrogens is 1530 g/mol. The van der Waals surface area contributed by atoms with Gasteiger partial charge in [-0.15, -0.1) is 0 Å². The van der Waals surface area contributed by atoms with Crippen molar-refractivity contribution >= 4 is 23.1 Å². The van der Waals surface area contributed by atoms with E-state index in [2.05, 4.69) is 54.0 Å². The number of unbranched alkanes of at least 4 members (excludes halogenated alkanes) is 98. The van der Waals surface area contributed by atoms with E-state index in [1.165, 1.54) is 654 Å². The fourth-order valence-electron chi connectivity index (χ4n) is 18.5. The number of hydrogen-bond donors (Lipinski definition) is 0. The number of carbonyl (C=O) groups is 4. The predicted octanol–water partition coefficient (Wildman–Crippen LogP) is 44.4. The molecule has 0 heterocycles. The first-order valence-corrected chi connectivity index (χ1v) is 58.8. The topological polar surface area (TPSA) is 68.3 Å². The van der Waals surface area contributed by atoms with Crippen LogP contribution in [0.4, 0.5) is 0 Å². The lowest BCUT2D eigenvalue weighted by atomic mass is 10.0. The minimum atomic E-state index is 0.203. The first-order valence-electron chi connectivity index (χ1n) is 58.8. The number of rotatable bonds is 110. The van der Waals surface area contributed by atoms with Gasteiger partial charge in [-0.25, -0.2) is 0 Å². The maximum atomic E-state index is 11.1. The molecule has 0 saturated heterocycles. The average Bonchev–Trinajstić information content (AvgIpc) is 1.11. The third kappa shape index (κ3) is 132. The highest BCUT2D eigenvalue weighted by atomic mass is 16.1. The van der Waals surface area contributed by atoms with Gasteiger partial charge in [-0.1, -0.05) is 683 Å². The summed E-state index contributed by atoms with van der Waals surface area (Å²) in [6.45, 7) is 23.3. The van der Waals surface area contributed by atoms with Gasteiger partial charge in [-0.2, -0.15) is 0 Å². The molecule has 0 aliphatic heterocycles. The first kappa shape index (κ1) is 130. The minimum absolute atomic E-state index is 0.203. The van der Waals surface area contributed by atoms with Gasteiger partial charge >= 0.3 is 0 Å².